The Morgan fingerprint density at radius 2 is 1.75 bits per heavy atom. The number of hydrogen-bond donors (Lipinski definition) is 1. The van der Waals surface area contributed by atoms with Gasteiger partial charge in [0.25, 0.3) is 0 Å². The molecule has 0 spiro atoms. The van der Waals surface area contributed by atoms with E-state index >= 15 is 0 Å². The Kier molecular flexibility index (Phi) is 4.86. The van der Waals surface area contributed by atoms with Crippen molar-refractivity contribution in [2.24, 2.45) is 0 Å². The monoisotopic (exact) mass is 323 g/mol. The molecule has 1 amide bonds. The summed E-state index contributed by atoms with van der Waals surface area (Å²) >= 11 is 0. The largest absolute Gasteiger partial charge is 0.445 e. The average Bonchev–Trinajstić information content (AvgIpc) is 3.12. The van der Waals surface area contributed by atoms with Crippen LogP contribution in [-0.2, 0) is 11.3 Å². The lowest BCUT2D eigenvalue weighted by atomic mass is 10.2. The van der Waals surface area contributed by atoms with E-state index in [1.54, 1.807) is 6.92 Å². The Morgan fingerprint density at radius 1 is 1.08 bits per heavy atom. The fourth-order valence-corrected chi connectivity index (χ4v) is 2.11. The summed E-state index contributed by atoms with van der Waals surface area (Å²) in [5, 5.41) is 10.7. The number of aromatic nitrogens is 2. The summed E-state index contributed by atoms with van der Waals surface area (Å²) in [7, 11) is 0. The van der Waals surface area contributed by atoms with E-state index in [0.717, 1.165) is 11.1 Å². The van der Waals surface area contributed by atoms with Gasteiger partial charge in [0.2, 0.25) is 11.8 Å². The van der Waals surface area contributed by atoms with E-state index in [1.165, 1.54) is 0 Å². The molecule has 0 saturated heterocycles. The standard InChI is InChI=1S/C18H17N3O3/c1-13(19-18(22)23-12-14-8-4-2-5-9-14)16-20-21-17(24-16)15-10-6-3-7-11-15/h2-11,13H,12H2,1H3,(H,19,22)/t13-/m0/s1. The minimum atomic E-state index is -0.536. The Morgan fingerprint density at radius 3 is 2.46 bits per heavy atom. The van der Waals surface area contributed by atoms with Crippen molar-refractivity contribution in [1.29, 1.82) is 0 Å². The van der Waals surface area contributed by atoms with Crippen molar-refractivity contribution in [3.63, 3.8) is 0 Å². The zero-order valence-electron chi connectivity index (χ0n) is 13.2. The van der Waals surface area contributed by atoms with Gasteiger partial charge in [-0.25, -0.2) is 4.79 Å². The zero-order valence-corrected chi connectivity index (χ0v) is 13.2. The summed E-state index contributed by atoms with van der Waals surface area (Å²) in [4.78, 5) is 11.9. The number of alkyl carbamates (subject to hydrolysis) is 1. The molecule has 122 valence electrons. The van der Waals surface area contributed by atoms with Crippen LogP contribution in [0.3, 0.4) is 0 Å². The van der Waals surface area contributed by atoms with Crippen LogP contribution in [0, 0.1) is 0 Å². The molecule has 0 aliphatic heterocycles. The molecule has 3 aromatic rings. The lowest BCUT2D eigenvalue weighted by Crippen LogP contribution is -2.27. The molecule has 24 heavy (non-hydrogen) atoms. The minimum Gasteiger partial charge on any atom is -0.445 e. The van der Waals surface area contributed by atoms with E-state index in [9.17, 15) is 4.79 Å². The van der Waals surface area contributed by atoms with Gasteiger partial charge in [0, 0.05) is 5.56 Å². The van der Waals surface area contributed by atoms with Crippen LogP contribution in [0.5, 0.6) is 0 Å². The molecule has 0 bridgehead atoms. The highest BCUT2D eigenvalue weighted by Crippen LogP contribution is 2.20. The molecule has 1 N–H and O–H groups in total. The third-order valence-corrected chi connectivity index (χ3v) is 3.38. The summed E-state index contributed by atoms with van der Waals surface area (Å²) < 4.78 is 10.8. The van der Waals surface area contributed by atoms with E-state index in [2.05, 4.69) is 15.5 Å². The van der Waals surface area contributed by atoms with Crippen LogP contribution in [0.4, 0.5) is 4.79 Å². The Bertz CT molecular complexity index is 788. The Balaban J connectivity index is 1.56. The molecule has 6 heteroatoms. The summed E-state index contributed by atoms with van der Waals surface area (Å²) in [6.45, 7) is 1.96. The van der Waals surface area contributed by atoms with Crippen molar-refractivity contribution in [3.05, 3.63) is 72.1 Å². The van der Waals surface area contributed by atoms with Gasteiger partial charge in [-0.1, -0.05) is 48.5 Å². The van der Waals surface area contributed by atoms with Crippen LogP contribution >= 0.6 is 0 Å². The fraction of sp³-hybridized carbons (Fsp3) is 0.167. The Hall–Kier alpha value is -3.15. The SMILES string of the molecule is C[C@H](NC(=O)OCc1ccccc1)c1nnc(-c2ccccc2)o1. The van der Waals surface area contributed by atoms with Gasteiger partial charge in [-0.05, 0) is 24.6 Å². The highest BCUT2D eigenvalue weighted by molar-refractivity contribution is 5.67. The fourth-order valence-electron chi connectivity index (χ4n) is 2.11. The van der Waals surface area contributed by atoms with Crippen LogP contribution in [-0.4, -0.2) is 16.3 Å². The molecule has 0 unspecified atom stereocenters. The average molecular weight is 323 g/mol. The van der Waals surface area contributed by atoms with Gasteiger partial charge in [-0.15, -0.1) is 10.2 Å². The molecule has 1 aromatic heterocycles. The van der Waals surface area contributed by atoms with Crippen LogP contribution in [0.15, 0.2) is 65.1 Å². The number of carbonyl (C=O) groups excluding carboxylic acids is 1. The first-order chi connectivity index (χ1) is 11.7. The first-order valence-electron chi connectivity index (χ1n) is 7.58. The molecule has 6 nitrogen and oxygen atoms in total. The topological polar surface area (TPSA) is 77.2 Å². The van der Waals surface area contributed by atoms with Crippen LogP contribution in [0.25, 0.3) is 11.5 Å². The number of amides is 1. The Labute approximate surface area is 139 Å². The van der Waals surface area contributed by atoms with Crippen molar-refractivity contribution in [3.8, 4) is 11.5 Å². The van der Waals surface area contributed by atoms with Crippen molar-refractivity contribution in [2.45, 2.75) is 19.6 Å². The number of rotatable bonds is 5. The van der Waals surface area contributed by atoms with Crippen molar-refractivity contribution in [2.75, 3.05) is 0 Å². The molecule has 0 aliphatic carbocycles. The third-order valence-electron chi connectivity index (χ3n) is 3.38. The first-order valence-corrected chi connectivity index (χ1v) is 7.58. The van der Waals surface area contributed by atoms with E-state index < -0.39 is 12.1 Å². The molecule has 2 aromatic carbocycles. The molecular formula is C18H17N3O3. The molecule has 1 heterocycles. The van der Waals surface area contributed by atoms with Crippen molar-refractivity contribution < 1.29 is 13.9 Å². The lowest BCUT2D eigenvalue weighted by Gasteiger charge is -2.10. The molecule has 0 aliphatic rings. The lowest BCUT2D eigenvalue weighted by molar-refractivity contribution is 0.135. The number of hydrogen-bond acceptors (Lipinski definition) is 5. The number of ether oxygens (including phenoxy) is 1. The molecular weight excluding hydrogens is 306 g/mol. The maximum absolute atomic E-state index is 11.9. The van der Waals surface area contributed by atoms with Gasteiger partial charge in [0.05, 0.1) is 0 Å². The minimum absolute atomic E-state index is 0.207. The van der Waals surface area contributed by atoms with Gasteiger partial charge in [0.1, 0.15) is 12.6 Å². The van der Waals surface area contributed by atoms with E-state index in [0.29, 0.717) is 11.8 Å². The predicted octanol–water partition coefficient (Wildman–Crippen LogP) is 3.72. The highest BCUT2D eigenvalue weighted by Gasteiger charge is 2.17. The second kappa shape index (κ2) is 7.41. The zero-order chi connectivity index (χ0) is 16.8. The maximum atomic E-state index is 11.9. The molecule has 0 fully saturated rings. The van der Waals surface area contributed by atoms with Crippen LogP contribution < -0.4 is 5.32 Å². The number of benzene rings is 2. The molecule has 3 rings (SSSR count). The van der Waals surface area contributed by atoms with Crippen molar-refractivity contribution >= 4 is 6.09 Å². The highest BCUT2D eigenvalue weighted by atomic mass is 16.5. The van der Waals surface area contributed by atoms with Crippen LogP contribution in [0.1, 0.15) is 24.4 Å². The molecule has 1 atom stereocenters. The van der Waals surface area contributed by atoms with E-state index in [1.807, 2.05) is 60.7 Å². The van der Waals surface area contributed by atoms with Gasteiger partial charge < -0.3 is 14.5 Å². The second-order valence-corrected chi connectivity index (χ2v) is 5.24. The van der Waals surface area contributed by atoms with Gasteiger partial charge >= 0.3 is 6.09 Å². The maximum Gasteiger partial charge on any atom is 0.408 e. The summed E-state index contributed by atoms with van der Waals surface area (Å²) in [5.74, 6) is 0.738. The number of nitrogens with one attached hydrogen (secondary N) is 1. The smallest absolute Gasteiger partial charge is 0.408 e. The van der Waals surface area contributed by atoms with Gasteiger partial charge in [-0.2, -0.15) is 0 Å². The molecule has 0 saturated carbocycles. The predicted molar refractivity (Wildman–Crippen MR) is 87.9 cm³/mol. The van der Waals surface area contributed by atoms with Gasteiger partial charge in [-0.3, -0.25) is 0 Å². The van der Waals surface area contributed by atoms with E-state index in [4.69, 9.17) is 9.15 Å². The summed E-state index contributed by atoms with van der Waals surface area (Å²) in [6.07, 6.45) is -0.536. The number of carbonyl (C=O) groups is 1. The summed E-state index contributed by atoms with van der Waals surface area (Å²) in [5.41, 5.74) is 1.75. The quantitative estimate of drug-likeness (QED) is 0.774. The van der Waals surface area contributed by atoms with Crippen LogP contribution in [0.2, 0.25) is 0 Å². The van der Waals surface area contributed by atoms with Gasteiger partial charge in [0.15, 0.2) is 0 Å². The van der Waals surface area contributed by atoms with E-state index in [-0.39, 0.29) is 6.61 Å². The third kappa shape index (κ3) is 3.98. The number of nitrogens with zero attached hydrogens (tertiary/aromatic N) is 2. The molecule has 0 radical (unpaired) electrons. The first kappa shape index (κ1) is 15.7. The second-order valence-electron chi connectivity index (χ2n) is 5.24. The summed E-state index contributed by atoms with van der Waals surface area (Å²) in [6, 6.07) is 18.5. The van der Waals surface area contributed by atoms with Crippen molar-refractivity contribution in [1.82, 2.24) is 15.5 Å². The normalized spacial score (nSPS) is 11.7.